The molecule has 0 bridgehead atoms. The summed E-state index contributed by atoms with van der Waals surface area (Å²) in [6.07, 6.45) is 8.30. The van der Waals surface area contributed by atoms with E-state index in [1.807, 2.05) is 54.6 Å². The Morgan fingerprint density at radius 1 is 1.21 bits per heavy atom. The van der Waals surface area contributed by atoms with Gasteiger partial charge in [0.25, 0.3) is 0 Å². The molecule has 6 nitrogen and oxygen atoms in total. The molecule has 3 heterocycles. The highest BCUT2D eigenvalue weighted by Gasteiger charge is 2.24. The van der Waals surface area contributed by atoms with Gasteiger partial charge in [-0.1, -0.05) is 12.1 Å². The molecule has 6 heteroatoms. The Morgan fingerprint density at radius 2 is 2.03 bits per heavy atom. The van der Waals surface area contributed by atoms with Gasteiger partial charge in [0.1, 0.15) is 0 Å². The molecule has 0 radical (unpaired) electrons. The summed E-state index contributed by atoms with van der Waals surface area (Å²) in [4.78, 5) is 21.3. The van der Waals surface area contributed by atoms with E-state index in [2.05, 4.69) is 16.0 Å². The normalized spacial score (nSPS) is 17.0. The zero-order chi connectivity index (χ0) is 20.1. The summed E-state index contributed by atoms with van der Waals surface area (Å²) in [6, 6.07) is 12.0. The molecule has 1 aromatic heterocycles. The monoisotopic (exact) mass is 393 g/mol. The zero-order valence-electron chi connectivity index (χ0n) is 16.8. The van der Waals surface area contributed by atoms with E-state index >= 15 is 0 Å². The van der Waals surface area contributed by atoms with Gasteiger partial charge in [0.05, 0.1) is 0 Å². The van der Waals surface area contributed by atoms with Gasteiger partial charge in [0, 0.05) is 57.1 Å². The van der Waals surface area contributed by atoms with Gasteiger partial charge in [0.15, 0.2) is 11.5 Å². The van der Waals surface area contributed by atoms with Crippen LogP contribution in [0.5, 0.6) is 11.5 Å². The number of carbonyl (C=O) groups excluding carboxylic acids is 1. The molecule has 0 unspecified atom stereocenters. The number of hydrogen-bond acceptors (Lipinski definition) is 5. The van der Waals surface area contributed by atoms with Crippen LogP contribution in [-0.4, -0.2) is 60.2 Å². The minimum absolute atomic E-state index is 0.0367. The first kappa shape index (κ1) is 19.5. The molecule has 0 N–H and O–H groups in total. The smallest absolute Gasteiger partial charge is 0.246 e. The number of amides is 1. The molecule has 152 valence electrons. The molecule has 1 amide bonds. The SMILES string of the molecule is CN(C(=O)/C=C/c1ccc2c(c1)OCO2)C1CCN(CCc2ccccn2)CC1. The number of carbonyl (C=O) groups is 1. The number of likely N-dealkylation sites (N-methyl/N-ethyl adjacent to an activating group) is 1. The first-order chi connectivity index (χ1) is 14.2. The molecule has 2 aliphatic rings. The molecule has 0 atom stereocenters. The maximum atomic E-state index is 12.6. The Kier molecular flexibility index (Phi) is 6.10. The summed E-state index contributed by atoms with van der Waals surface area (Å²) in [5.41, 5.74) is 2.07. The predicted molar refractivity (Wildman–Crippen MR) is 112 cm³/mol. The third-order valence-corrected chi connectivity index (χ3v) is 5.68. The average Bonchev–Trinajstić information content (AvgIpc) is 3.24. The third kappa shape index (κ3) is 4.95. The van der Waals surface area contributed by atoms with Crippen LogP contribution in [0.25, 0.3) is 6.08 Å². The number of likely N-dealkylation sites (tertiary alicyclic amines) is 1. The Bertz CT molecular complexity index is 861. The van der Waals surface area contributed by atoms with Crippen molar-refractivity contribution in [3.05, 3.63) is 59.9 Å². The number of hydrogen-bond donors (Lipinski definition) is 0. The lowest BCUT2D eigenvalue weighted by Gasteiger charge is -2.36. The number of piperidine rings is 1. The third-order valence-electron chi connectivity index (χ3n) is 5.68. The molecule has 0 spiro atoms. The lowest BCUT2D eigenvalue weighted by molar-refractivity contribution is -0.127. The lowest BCUT2D eigenvalue weighted by Crippen LogP contribution is -2.45. The minimum Gasteiger partial charge on any atom is -0.454 e. The van der Waals surface area contributed by atoms with Crippen LogP contribution in [0.4, 0.5) is 0 Å². The average molecular weight is 393 g/mol. The fourth-order valence-corrected chi connectivity index (χ4v) is 3.83. The number of ether oxygens (including phenoxy) is 2. The maximum Gasteiger partial charge on any atom is 0.246 e. The molecule has 4 rings (SSSR count). The number of pyridine rings is 1. The van der Waals surface area contributed by atoms with Gasteiger partial charge >= 0.3 is 0 Å². The van der Waals surface area contributed by atoms with E-state index in [9.17, 15) is 4.79 Å². The molecular weight excluding hydrogens is 366 g/mol. The number of aromatic nitrogens is 1. The molecule has 2 aliphatic heterocycles. The van der Waals surface area contributed by atoms with Crippen LogP contribution in [0, 0.1) is 0 Å². The van der Waals surface area contributed by atoms with Crippen molar-refractivity contribution in [3.8, 4) is 11.5 Å². The van der Waals surface area contributed by atoms with E-state index in [1.54, 1.807) is 6.08 Å². The first-order valence-corrected chi connectivity index (χ1v) is 10.2. The van der Waals surface area contributed by atoms with Gasteiger partial charge in [-0.2, -0.15) is 0 Å². The van der Waals surface area contributed by atoms with Gasteiger partial charge in [-0.15, -0.1) is 0 Å². The Morgan fingerprint density at radius 3 is 2.83 bits per heavy atom. The fraction of sp³-hybridized carbons (Fsp3) is 0.391. The van der Waals surface area contributed by atoms with Crippen molar-refractivity contribution in [3.63, 3.8) is 0 Å². The van der Waals surface area contributed by atoms with Crippen LogP contribution < -0.4 is 9.47 Å². The molecule has 1 fully saturated rings. The Labute approximate surface area is 171 Å². The largest absolute Gasteiger partial charge is 0.454 e. The Hall–Kier alpha value is -2.86. The van der Waals surface area contributed by atoms with Crippen LogP contribution >= 0.6 is 0 Å². The molecule has 2 aromatic rings. The van der Waals surface area contributed by atoms with Crippen LogP contribution in [0.2, 0.25) is 0 Å². The quantitative estimate of drug-likeness (QED) is 0.707. The van der Waals surface area contributed by atoms with Crippen LogP contribution in [-0.2, 0) is 11.2 Å². The molecule has 29 heavy (non-hydrogen) atoms. The summed E-state index contributed by atoms with van der Waals surface area (Å²) in [6.45, 7) is 3.30. The molecular formula is C23H27N3O3. The van der Waals surface area contributed by atoms with E-state index < -0.39 is 0 Å². The van der Waals surface area contributed by atoms with Crippen molar-refractivity contribution in [1.29, 1.82) is 0 Å². The fourth-order valence-electron chi connectivity index (χ4n) is 3.83. The van der Waals surface area contributed by atoms with Crippen molar-refractivity contribution in [2.75, 3.05) is 33.5 Å². The van der Waals surface area contributed by atoms with Gasteiger partial charge in [-0.3, -0.25) is 9.78 Å². The summed E-state index contributed by atoms with van der Waals surface area (Å²) in [7, 11) is 1.90. The topological polar surface area (TPSA) is 54.9 Å². The highest BCUT2D eigenvalue weighted by atomic mass is 16.7. The minimum atomic E-state index is 0.0367. The highest BCUT2D eigenvalue weighted by molar-refractivity contribution is 5.91. The van der Waals surface area contributed by atoms with Gasteiger partial charge in [-0.25, -0.2) is 0 Å². The van der Waals surface area contributed by atoms with Crippen molar-refractivity contribution in [2.45, 2.75) is 25.3 Å². The van der Waals surface area contributed by atoms with E-state index in [4.69, 9.17) is 9.47 Å². The summed E-state index contributed by atoms with van der Waals surface area (Å²) < 4.78 is 10.7. The highest BCUT2D eigenvalue weighted by Crippen LogP contribution is 2.32. The standard InChI is InChI=1S/C23H27N3O3/c1-25(23(27)8-6-18-5-7-21-22(16-18)29-17-28-21)20-10-14-26(15-11-20)13-9-19-4-2-3-12-24-19/h2-8,12,16,20H,9-11,13-15,17H2,1H3/b8-6+. The van der Waals surface area contributed by atoms with E-state index in [1.165, 1.54) is 0 Å². The molecule has 0 saturated carbocycles. The Balaban J connectivity index is 1.24. The predicted octanol–water partition coefficient (Wildman–Crippen LogP) is 2.99. The number of benzene rings is 1. The van der Waals surface area contributed by atoms with Crippen LogP contribution in [0.1, 0.15) is 24.1 Å². The van der Waals surface area contributed by atoms with E-state index in [-0.39, 0.29) is 18.7 Å². The van der Waals surface area contributed by atoms with Gasteiger partial charge < -0.3 is 19.3 Å². The second-order valence-electron chi connectivity index (χ2n) is 7.54. The molecule has 1 saturated heterocycles. The second-order valence-corrected chi connectivity index (χ2v) is 7.54. The first-order valence-electron chi connectivity index (χ1n) is 10.2. The van der Waals surface area contributed by atoms with Crippen molar-refractivity contribution < 1.29 is 14.3 Å². The van der Waals surface area contributed by atoms with Crippen molar-refractivity contribution >= 4 is 12.0 Å². The number of fused-ring (bicyclic) bond motifs is 1. The van der Waals surface area contributed by atoms with Crippen molar-refractivity contribution in [2.24, 2.45) is 0 Å². The zero-order valence-corrected chi connectivity index (χ0v) is 16.8. The van der Waals surface area contributed by atoms with E-state index in [0.29, 0.717) is 0 Å². The molecule has 0 aliphatic carbocycles. The number of rotatable bonds is 6. The second kappa shape index (κ2) is 9.09. The van der Waals surface area contributed by atoms with Gasteiger partial charge in [-0.05, 0) is 48.7 Å². The molecule has 1 aromatic carbocycles. The summed E-state index contributed by atoms with van der Waals surface area (Å²) in [5.74, 6) is 1.51. The van der Waals surface area contributed by atoms with Crippen LogP contribution in [0.3, 0.4) is 0 Å². The van der Waals surface area contributed by atoms with Crippen LogP contribution in [0.15, 0.2) is 48.7 Å². The summed E-state index contributed by atoms with van der Waals surface area (Å²) >= 11 is 0. The van der Waals surface area contributed by atoms with Crippen molar-refractivity contribution in [1.82, 2.24) is 14.8 Å². The van der Waals surface area contributed by atoms with Gasteiger partial charge in [0.2, 0.25) is 12.7 Å². The number of nitrogens with zero attached hydrogens (tertiary/aromatic N) is 3. The summed E-state index contributed by atoms with van der Waals surface area (Å²) in [5, 5.41) is 0. The maximum absolute atomic E-state index is 12.6. The lowest BCUT2D eigenvalue weighted by atomic mass is 10.0. The van der Waals surface area contributed by atoms with E-state index in [0.717, 1.165) is 61.7 Å².